The molecule has 0 rings (SSSR count). The van der Waals surface area contributed by atoms with E-state index >= 15 is 0 Å². The molecule has 9 heteroatoms. The van der Waals surface area contributed by atoms with Crippen molar-refractivity contribution in [2.45, 2.75) is 0 Å². The second kappa shape index (κ2) is 10.4. The van der Waals surface area contributed by atoms with Gasteiger partial charge in [0.1, 0.15) is 0 Å². The summed E-state index contributed by atoms with van der Waals surface area (Å²) in [6.07, 6.45) is 1.52. The molecule has 1 amide bonds. The van der Waals surface area contributed by atoms with Gasteiger partial charge in [-0.15, -0.1) is 5.26 Å². The van der Waals surface area contributed by atoms with Crippen LogP contribution in [0.3, 0.4) is 0 Å². The maximum absolute atomic E-state index is 9.43. The van der Waals surface area contributed by atoms with Gasteiger partial charge in [-0.3, -0.25) is 13.5 Å². The molecule has 71 valence electrons. The number of carbonyl (C=O) groups excluding carboxylic acids is 1. The summed E-state index contributed by atoms with van der Waals surface area (Å²) in [4.78, 5) is 10.9. The Hall–Kier alpha value is 0.306. The molecule has 0 saturated carbocycles. The average molecular weight is 235 g/mol. The van der Waals surface area contributed by atoms with E-state index in [-0.39, 0.29) is 51.4 Å². The number of rotatable bonds is 2. The first-order valence-corrected chi connectivity index (χ1v) is 3.86. The first-order valence-electron chi connectivity index (χ1n) is 2.50. The van der Waals surface area contributed by atoms with E-state index in [1.807, 2.05) is 0 Å². The molecule has 0 aliphatic carbocycles. The zero-order valence-electron chi connectivity index (χ0n) is 7.46. The molecule has 0 heterocycles. The van der Waals surface area contributed by atoms with Crippen LogP contribution in [0, 0.1) is 11.5 Å². The molecule has 0 aliphatic rings. The predicted octanol–water partition coefficient (Wildman–Crippen LogP) is -1.39. The zero-order valence-corrected chi connectivity index (χ0v) is 11.4. The van der Waals surface area contributed by atoms with Crippen molar-refractivity contribution in [1.29, 1.82) is 5.26 Å². The summed E-state index contributed by atoms with van der Waals surface area (Å²) in [6.45, 7) is 0. The normalized spacial score (nSPS) is 7.85. The standard InChI is InChI=1S/C3H7NO.CHNO4S.K/c1-4(2)3-5;2-1-6-7(3,4)5;/h3H,1-2H3;(H,3,4,5);. The molecule has 1 N–H and O–H groups in total. The van der Waals surface area contributed by atoms with Crippen LogP contribution in [-0.4, -0.2) is 89.8 Å². The summed E-state index contributed by atoms with van der Waals surface area (Å²) in [7, 11) is -1.16. The van der Waals surface area contributed by atoms with E-state index in [0.29, 0.717) is 0 Å². The summed E-state index contributed by atoms with van der Waals surface area (Å²) in [6, 6.07) is 0. The third kappa shape index (κ3) is 32.9. The Morgan fingerprint density at radius 1 is 1.54 bits per heavy atom. The van der Waals surface area contributed by atoms with Crippen LogP contribution < -0.4 is 0 Å². The second-order valence-corrected chi connectivity index (χ2v) is 2.69. The van der Waals surface area contributed by atoms with Gasteiger partial charge < -0.3 is 4.90 Å². The van der Waals surface area contributed by atoms with Gasteiger partial charge in [0, 0.05) is 65.5 Å². The third-order valence-electron chi connectivity index (χ3n) is 0.353. The topological polar surface area (TPSA) is 108 Å². The van der Waals surface area contributed by atoms with Gasteiger partial charge in [-0.25, -0.2) is 0 Å². The maximum Gasteiger partial charge on any atom is 0.456 e. The van der Waals surface area contributed by atoms with Gasteiger partial charge in [0.15, 0.2) is 0 Å². The van der Waals surface area contributed by atoms with Gasteiger partial charge >= 0.3 is 16.7 Å². The molecule has 7 nitrogen and oxygen atoms in total. The molecule has 1 radical (unpaired) electrons. The zero-order chi connectivity index (χ0) is 10.2. The number of hydrogen-bond donors (Lipinski definition) is 1. The van der Waals surface area contributed by atoms with E-state index in [2.05, 4.69) is 4.18 Å². The first kappa shape index (κ1) is 19.0. The van der Waals surface area contributed by atoms with Gasteiger partial charge in [0.2, 0.25) is 6.41 Å². The smallest absolute Gasteiger partial charge is 0.351 e. The van der Waals surface area contributed by atoms with Crippen LogP contribution in [0.2, 0.25) is 0 Å². The van der Waals surface area contributed by atoms with Crippen LogP contribution in [0.15, 0.2) is 0 Å². The van der Waals surface area contributed by atoms with Gasteiger partial charge in [-0.05, 0) is 0 Å². The molecule has 0 aromatic heterocycles. The van der Waals surface area contributed by atoms with Crippen molar-refractivity contribution < 1.29 is 21.9 Å². The van der Waals surface area contributed by atoms with E-state index < -0.39 is 10.4 Å². The van der Waals surface area contributed by atoms with Gasteiger partial charge in [0.05, 0.1) is 0 Å². The molecule has 0 aliphatic heterocycles. The van der Waals surface area contributed by atoms with Crippen molar-refractivity contribution in [1.82, 2.24) is 4.90 Å². The van der Waals surface area contributed by atoms with Crippen molar-refractivity contribution >= 4 is 68.2 Å². The summed E-state index contributed by atoms with van der Waals surface area (Å²) in [5.74, 6) is 0. The van der Waals surface area contributed by atoms with Gasteiger partial charge in [-0.1, -0.05) is 0 Å². The summed E-state index contributed by atoms with van der Waals surface area (Å²) < 4.78 is 29.3. The molecule has 0 aromatic carbocycles. The molecule has 0 atom stereocenters. The van der Waals surface area contributed by atoms with E-state index in [1.165, 1.54) is 4.90 Å². The Balaban J connectivity index is -0.000000150. The fraction of sp³-hybridized carbons (Fsp3) is 0.500. The number of amides is 1. The van der Waals surface area contributed by atoms with Crippen molar-refractivity contribution in [3.05, 3.63) is 0 Å². The van der Waals surface area contributed by atoms with Crippen molar-refractivity contribution in [3.8, 4) is 6.26 Å². The Bertz CT molecular complexity index is 256. The molecule has 0 spiro atoms. The largest absolute Gasteiger partial charge is 0.456 e. The Kier molecular flexibility index (Phi) is 15.2. The minimum atomic E-state index is -4.54. The summed E-state index contributed by atoms with van der Waals surface area (Å²) in [5.41, 5.74) is 0. The van der Waals surface area contributed by atoms with E-state index in [0.717, 1.165) is 12.7 Å². The van der Waals surface area contributed by atoms with Crippen LogP contribution in [0.5, 0.6) is 0 Å². The molecule has 0 bridgehead atoms. The average Bonchev–Trinajstić information content (AvgIpc) is 1.86. The molecule has 13 heavy (non-hydrogen) atoms. The van der Waals surface area contributed by atoms with E-state index in [1.54, 1.807) is 14.1 Å². The van der Waals surface area contributed by atoms with E-state index in [4.69, 9.17) is 9.81 Å². The Morgan fingerprint density at radius 2 is 1.85 bits per heavy atom. The molecule has 0 aromatic rings. The minimum Gasteiger partial charge on any atom is -0.351 e. The van der Waals surface area contributed by atoms with Crippen LogP contribution in [0.1, 0.15) is 0 Å². The number of hydrogen-bond acceptors (Lipinski definition) is 5. The summed E-state index contributed by atoms with van der Waals surface area (Å²) in [5, 5.41) is 7.39. The van der Waals surface area contributed by atoms with Gasteiger partial charge in [-0.2, -0.15) is 8.42 Å². The Morgan fingerprint density at radius 3 is 1.85 bits per heavy atom. The molecular formula is C4H8KN2O5S. The predicted molar refractivity (Wildman–Crippen MR) is 43.8 cm³/mol. The van der Waals surface area contributed by atoms with Gasteiger partial charge in [0.25, 0.3) is 0 Å². The fourth-order valence-electron chi connectivity index (χ4n) is 0.0471. The maximum atomic E-state index is 9.43. The second-order valence-electron chi connectivity index (χ2n) is 1.67. The number of nitrogens with zero attached hydrogens (tertiary/aromatic N) is 2. The fourth-order valence-corrected chi connectivity index (χ4v) is 0.141. The molecule has 0 fully saturated rings. The third-order valence-corrected chi connectivity index (χ3v) is 0.639. The summed E-state index contributed by atoms with van der Waals surface area (Å²) >= 11 is 0. The van der Waals surface area contributed by atoms with Crippen molar-refractivity contribution in [2.75, 3.05) is 14.1 Å². The SMILES string of the molecule is CN(C)C=O.N#COS(=O)(=O)O.[K]. The number of carbonyl (C=O) groups is 1. The van der Waals surface area contributed by atoms with Crippen molar-refractivity contribution in [2.24, 2.45) is 0 Å². The number of nitriles is 1. The van der Waals surface area contributed by atoms with Crippen LogP contribution in [-0.2, 0) is 19.4 Å². The first-order chi connectivity index (χ1) is 5.33. The quantitative estimate of drug-likeness (QED) is 0.273. The molecule has 0 saturated heterocycles. The van der Waals surface area contributed by atoms with Crippen LogP contribution in [0.4, 0.5) is 0 Å². The molecular weight excluding hydrogens is 227 g/mol. The molecule has 0 unspecified atom stereocenters. The van der Waals surface area contributed by atoms with Crippen LogP contribution in [0.25, 0.3) is 0 Å². The van der Waals surface area contributed by atoms with Crippen molar-refractivity contribution in [3.63, 3.8) is 0 Å². The minimum absolute atomic E-state index is 0. The van der Waals surface area contributed by atoms with E-state index in [9.17, 15) is 13.2 Å². The Labute approximate surface area is 119 Å². The van der Waals surface area contributed by atoms with Crippen LogP contribution >= 0.6 is 0 Å². The monoisotopic (exact) mass is 235 g/mol.